The first kappa shape index (κ1) is 15.8. The summed E-state index contributed by atoms with van der Waals surface area (Å²) in [5.41, 5.74) is 1.19. The second kappa shape index (κ2) is 7.46. The predicted molar refractivity (Wildman–Crippen MR) is 84.5 cm³/mol. The Kier molecular flexibility index (Phi) is 5.62. The van der Waals surface area contributed by atoms with Crippen LogP contribution in [0.2, 0.25) is 0 Å². The zero-order chi connectivity index (χ0) is 15.2. The summed E-state index contributed by atoms with van der Waals surface area (Å²) >= 11 is 0. The van der Waals surface area contributed by atoms with Crippen LogP contribution in [0.15, 0.2) is 24.3 Å². The van der Waals surface area contributed by atoms with Gasteiger partial charge in [-0.25, -0.2) is 0 Å². The quantitative estimate of drug-likeness (QED) is 0.847. The molecule has 1 aliphatic rings. The van der Waals surface area contributed by atoms with Crippen molar-refractivity contribution < 1.29 is 9.53 Å². The van der Waals surface area contributed by atoms with E-state index in [0.717, 1.165) is 25.3 Å². The molecule has 0 aliphatic carbocycles. The normalized spacial score (nSPS) is 22.1. The lowest BCUT2D eigenvalue weighted by Crippen LogP contribution is -2.55. The van der Waals surface area contributed by atoms with E-state index in [1.54, 1.807) is 0 Å². The largest absolute Gasteiger partial charge is 0.494 e. The van der Waals surface area contributed by atoms with Gasteiger partial charge in [0.05, 0.1) is 6.61 Å². The van der Waals surface area contributed by atoms with Gasteiger partial charge in [-0.3, -0.25) is 4.79 Å². The van der Waals surface area contributed by atoms with Crippen molar-refractivity contribution >= 4 is 5.91 Å². The SMILES string of the molecule is Cc1cccc(OCCCC(=O)N2C[C@@H](C)N[C@@H](C)C2)c1. The fraction of sp³-hybridized carbons (Fsp3) is 0.588. The van der Waals surface area contributed by atoms with Crippen molar-refractivity contribution in [3.63, 3.8) is 0 Å². The Morgan fingerprint density at radius 2 is 2.05 bits per heavy atom. The summed E-state index contributed by atoms with van der Waals surface area (Å²) in [4.78, 5) is 14.2. The highest BCUT2D eigenvalue weighted by Gasteiger charge is 2.24. The summed E-state index contributed by atoms with van der Waals surface area (Å²) in [6.45, 7) is 8.49. The fourth-order valence-corrected chi connectivity index (χ4v) is 2.81. The molecule has 0 aromatic heterocycles. The molecule has 2 atom stereocenters. The number of nitrogens with zero attached hydrogens (tertiary/aromatic N) is 1. The Balaban J connectivity index is 1.69. The molecule has 1 saturated heterocycles. The molecule has 1 aromatic carbocycles. The molecule has 1 heterocycles. The first-order valence-corrected chi connectivity index (χ1v) is 7.78. The van der Waals surface area contributed by atoms with Crippen molar-refractivity contribution in [2.24, 2.45) is 0 Å². The van der Waals surface area contributed by atoms with Gasteiger partial charge in [0.1, 0.15) is 5.75 Å². The van der Waals surface area contributed by atoms with Gasteiger partial charge in [-0.15, -0.1) is 0 Å². The van der Waals surface area contributed by atoms with Crippen LogP contribution < -0.4 is 10.1 Å². The summed E-state index contributed by atoms with van der Waals surface area (Å²) in [6.07, 6.45) is 1.32. The lowest BCUT2D eigenvalue weighted by atomic mass is 10.1. The van der Waals surface area contributed by atoms with Crippen LogP contribution in [0.4, 0.5) is 0 Å². The maximum atomic E-state index is 12.2. The lowest BCUT2D eigenvalue weighted by Gasteiger charge is -2.36. The molecule has 1 N–H and O–H groups in total. The number of amides is 1. The van der Waals surface area contributed by atoms with Crippen molar-refractivity contribution in [2.45, 2.75) is 45.7 Å². The highest BCUT2D eigenvalue weighted by Crippen LogP contribution is 2.13. The molecule has 2 rings (SSSR count). The molecule has 0 spiro atoms. The number of hydrogen-bond acceptors (Lipinski definition) is 3. The van der Waals surface area contributed by atoms with Gasteiger partial charge in [0.25, 0.3) is 0 Å². The maximum Gasteiger partial charge on any atom is 0.222 e. The molecule has 21 heavy (non-hydrogen) atoms. The molecule has 1 aliphatic heterocycles. The average Bonchev–Trinajstić information content (AvgIpc) is 2.42. The van der Waals surface area contributed by atoms with Gasteiger partial charge < -0.3 is 15.0 Å². The highest BCUT2D eigenvalue weighted by molar-refractivity contribution is 5.76. The van der Waals surface area contributed by atoms with E-state index >= 15 is 0 Å². The number of benzene rings is 1. The Hall–Kier alpha value is -1.55. The van der Waals surface area contributed by atoms with Crippen LogP contribution in [-0.2, 0) is 4.79 Å². The third-order valence-corrected chi connectivity index (χ3v) is 3.70. The van der Waals surface area contributed by atoms with E-state index in [1.807, 2.05) is 36.1 Å². The number of hydrogen-bond donors (Lipinski definition) is 1. The van der Waals surface area contributed by atoms with E-state index in [9.17, 15) is 4.79 Å². The number of piperazine rings is 1. The van der Waals surface area contributed by atoms with Crippen LogP contribution in [0, 0.1) is 6.92 Å². The number of rotatable bonds is 5. The van der Waals surface area contributed by atoms with Crippen LogP contribution in [-0.4, -0.2) is 42.6 Å². The minimum absolute atomic E-state index is 0.239. The van der Waals surface area contributed by atoms with Crippen molar-refractivity contribution in [3.05, 3.63) is 29.8 Å². The summed E-state index contributed by atoms with van der Waals surface area (Å²) in [6, 6.07) is 8.75. The van der Waals surface area contributed by atoms with Crippen molar-refractivity contribution in [2.75, 3.05) is 19.7 Å². The molecule has 1 aromatic rings. The zero-order valence-electron chi connectivity index (χ0n) is 13.3. The molecule has 1 amide bonds. The van der Waals surface area contributed by atoms with Crippen LogP contribution in [0.3, 0.4) is 0 Å². The lowest BCUT2D eigenvalue weighted by molar-refractivity contribution is -0.133. The van der Waals surface area contributed by atoms with Crippen LogP contribution >= 0.6 is 0 Å². The van der Waals surface area contributed by atoms with E-state index in [2.05, 4.69) is 19.2 Å². The number of nitrogens with one attached hydrogen (secondary N) is 1. The van der Waals surface area contributed by atoms with Gasteiger partial charge in [-0.2, -0.15) is 0 Å². The predicted octanol–water partition coefficient (Wildman–Crippen LogP) is 2.36. The minimum Gasteiger partial charge on any atom is -0.494 e. The van der Waals surface area contributed by atoms with E-state index in [1.165, 1.54) is 5.56 Å². The first-order valence-electron chi connectivity index (χ1n) is 7.78. The second-order valence-electron chi connectivity index (χ2n) is 6.04. The molecule has 1 fully saturated rings. The summed E-state index contributed by atoms with van der Waals surface area (Å²) < 4.78 is 5.68. The van der Waals surface area contributed by atoms with Crippen molar-refractivity contribution in [1.82, 2.24) is 10.2 Å². The fourth-order valence-electron chi connectivity index (χ4n) is 2.81. The number of carbonyl (C=O) groups is 1. The summed E-state index contributed by atoms with van der Waals surface area (Å²) in [5, 5.41) is 3.44. The third kappa shape index (κ3) is 5.05. The highest BCUT2D eigenvalue weighted by atomic mass is 16.5. The number of carbonyl (C=O) groups excluding carboxylic acids is 1. The smallest absolute Gasteiger partial charge is 0.222 e. The molecule has 116 valence electrons. The van der Waals surface area contributed by atoms with Crippen LogP contribution in [0.1, 0.15) is 32.3 Å². The molecule has 0 unspecified atom stereocenters. The molecule has 0 radical (unpaired) electrons. The Bertz CT molecular complexity index is 466. The van der Waals surface area contributed by atoms with Gasteiger partial charge in [0.15, 0.2) is 0 Å². The topological polar surface area (TPSA) is 41.6 Å². The molecule has 0 bridgehead atoms. The second-order valence-corrected chi connectivity index (χ2v) is 6.04. The monoisotopic (exact) mass is 290 g/mol. The first-order chi connectivity index (χ1) is 10.0. The minimum atomic E-state index is 0.239. The van der Waals surface area contributed by atoms with E-state index in [0.29, 0.717) is 25.1 Å². The van der Waals surface area contributed by atoms with E-state index in [4.69, 9.17) is 4.74 Å². The Morgan fingerprint density at radius 3 is 2.71 bits per heavy atom. The Labute approximate surface area is 127 Å². The zero-order valence-corrected chi connectivity index (χ0v) is 13.3. The molecule has 0 saturated carbocycles. The van der Waals surface area contributed by atoms with Gasteiger partial charge in [-0.05, 0) is 44.9 Å². The molecular formula is C17H26N2O2. The number of aryl methyl sites for hydroxylation is 1. The van der Waals surface area contributed by atoms with Gasteiger partial charge in [0.2, 0.25) is 5.91 Å². The molecule has 4 nitrogen and oxygen atoms in total. The molecule has 4 heteroatoms. The van der Waals surface area contributed by atoms with Crippen molar-refractivity contribution in [1.29, 1.82) is 0 Å². The standard InChI is InChI=1S/C17H26N2O2/c1-13-6-4-7-16(10-13)21-9-5-8-17(20)19-11-14(2)18-15(3)12-19/h4,6-7,10,14-15,18H,5,8-9,11-12H2,1-3H3/t14-,15+. The van der Waals surface area contributed by atoms with E-state index in [-0.39, 0.29) is 5.91 Å². The van der Waals surface area contributed by atoms with Crippen LogP contribution in [0.5, 0.6) is 5.75 Å². The van der Waals surface area contributed by atoms with Crippen molar-refractivity contribution in [3.8, 4) is 5.75 Å². The third-order valence-electron chi connectivity index (χ3n) is 3.70. The van der Waals surface area contributed by atoms with Gasteiger partial charge >= 0.3 is 0 Å². The molecular weight excluding hydrogens is 264 g/mol. The Morgan fingerprint density at radius 1 is 1.33 bits per heavy atom. The van der Waals surface area contributed by atoms with E-state index < -0.39 is 0 Å². The van der Waals surface area contributed by atoms with Gasteiger partial charge in [0, 0.05) is 31.6 Å². The number of ether oxygens (including phenoxy) is 1. The van der Waals surface area contributed by atoms with Gasteiger partial charge in [-0.1, -0.05) is 12.1 Å². The van der Waals surface area contributed by atoms with Crippen LogP contribution in [0.25, 0.3) is 0 Å². The summed E-state index contributed by atoms with van der Waals surface area (Å²) in [5.74, 6) is 1.12. The maximum absolute atomic E-state index is 12.2. The average molecular weight is 290 g/mol. The summed E-state index contributed by atoms with van der Waals surface area (Å²) in [7, 11) is 0.